The quantitative estimate of drug-likeness (QED) is 0.697. The van der Waals surface area contributed by atoms with E-state index < -0.39 is 10.0 Å². The van der Waals surface area contributed by atoms with Gasteiger partial charge in [-0.2, -0.15) is 10.1 Å². The predicted molar refractivity (Wildman–Crippen MR) is 44.1 cm³/mol. The third-order valence-electron chi connectivity index (χ3n) is 1.14. The molecule has 6 nitrogen and oxygen atoms in total. The number of nitrogens with zero attached hydrogens (tertiary/aromatic N) is 2. The van der Waals surface area contributed by atoms with Crippen LogP contribution in [-0.2, 0) is 10.0 Å². The van der Waals surface area contributed by atoms with Crippen molar-refractivity contribution < 1.29 is 8.42 Å². The molecule has 12 heavy (non-hydrogen) atoms. The lowest BCUT2D eigenvalue weighted by molar-refractivity contribution is 0.599. The second kappa shape index (κ2) is 3.53. The smallest absolute Gasteiger partial charge is 0.235 e. The van der Waals surface area contributed by atoms with Crippen LogP contribution >= 0.6 is 0 Å². The van der Waals surface area contributed by atoms with Crippen LogP contribution in [0.1, 0.15) is 13.3 Å². The number of H-pyrrole nitrogens is 1. The van der Waals surface area contributed by atoms with Gasteiger partial charge in [0, 0.05) is 0 Å². The zero-order valence-electron chi connectivity index (χ0n) is 6.61. The summed E-state index contributed by atoms with van der Waals surface area (Å²) in [6.45, 7) is 1.79. The van der Waals surface area contributed by atoms with E-state index in [4.69, 9.17) is 0 Å². The Hall–Kier alpha value is -1.11. The van der Waals surface area contributed by atoms with Crippen molar-refractivity contribution in [2.24, 2.45) is 0 Å². The molecule has 0 atom stereocenters. The van der Waals surface area contributed by atoms with Crippen LogP contribution in [0.3, 0.4) is 0 Å². The number of anilines is 1. The first-order valence-corrected chi connectivity index (χ1v) is 5.15. The Bertz CT molecular complexity index is 317. The molecule has 0 amide bonds. The molecule has 0 saturated carbocycles. The van der Waals surface area contributed by atoms with Gasteiger partial charge in [0.15, 0.2) is 0 Å². The van der Waals surface area contributed by atoms with Gasteiger partial charge < -0.3 is 0 Å². The standard InChI is InChI=1S/C5H10N4O2S/c1-2-3-12(10,11)9-5-6-4-7-8-5/h4H,2-3H2,1H3,(H2,6,7,8,9). The first-order valence-electron chi connectivity index (χ1n) is 3.50. The zero-order chi connectivity index (χ0) is 9.03. The molecule has 0 bridgehead atoms. The number of rotatable bonds is 4. The molecule has 68 valence electrons. The van der Waals surface area contributed by atoms with Crippen molar-refractivity contribution >= 4 is 16.0 Å². The van der Waals surface area contributed by atoms with Crippen LogP contribution in [0.2, 0.25) is 0 Å². The summed E-state index contributed by atoms with van der Waals surface area (Å²) in [7, 11) is -3.24. The lowest BCUT2D eigenvalue weighted by Crippen LogP contribution is -2.16. The molecule has 0 saturated heterocycles. The Morgan fingerprint density at radius 3 is 2.92 bits per heavy atom. The van der Waals surface area contributed by atoms with Crippen molar-refractivity contribution in [2.75, 3.05) is 10.5 Å². The van der Waals surface area contributed by atoms with E-state index in [1.54, 1.807) is 6.92 Å². The van der Waals surface area contributed by atoms with Gasteiger partial charge in [0.05, 0.1) is 5.75 Å². The maximum atomic E-state index is 11.1. The summed E-state index contributed by atoms with van der Waals surface area (Å²) in [6.07, 6.45) is 1.81. The zero-order valence-corrected chi connectivity index (χ0v) is 7.43. The molecule has 2 N–H and O–H groups in total. The molecule has 0 aliphatic heterocycles. The van der Waals surface area contributed by atoms with Crippen LogP contribution in [0.15, 0.2) is 6.33 Å². The van der Waals surface area contributed by atoms with Gasteiger partial charge in [0.2, 0.25) is 16.0 Å². The Morgan fingerprint density at radius 2 is 2.42 bits per heavy atom. The van der Waals surface area contributed by atoms with E-state index in [1.807, 2.05) is 0 Å². The van der Waals surface area contributed by atoms with Crippen molar-refractivity contribution in [3.63, 3.8) is 0 Å². The number of nitrogens with one attached hydrogen (secondary N) is 2. The van der Waals surface area contributed by atoms with E-state index in [0.717, 1.165) is 0 Å². The average molecular weight is 190 g/mol. The van der Waals surface area contributed by atoms with Crippen LogP contribution in [-0.4, -0.2) is 29.4 Å². The first kappa shape index (κ1) is 8.98. The van der Waals surface area contributed by atoms with E-state index in [1.165, 1.54) is 6.33 Å². The fourth-order valence-electron chi connectivity index (χ4n) is 0.722. The molecule has 0 unspecified atom stereocenters. The number of hydrogen-bond donors (Lipinski definition) is 2. The SMILES string of the molecule is CCCS(=O)(=O)Nc1ncn[nH]1. The van der Waals surface area contributed by atoms with Gasteiger partial charge in [-0.15, -0.1) is 0 Å². The Balaban J connectivity index is 2.63. The van der Waals surface area contributed by atoms with Crippen molar-refractivity contribution in [3.8, 4) is 0 Å². The minimum absolute atomic E-state index is 0.0910. The van der Waals surface area contributed by atoms with E-state index in [2.05, 4.69) is 19.9 Å². The van der Waals surface area contributed by atoms with Crippen molar-refractivity contribution in [1.29, 1.82) is 0 Å². The predicted octanol–water partition coefficient (Wildman–Crippen LogP) is -0.0436. The number of aromatic amines is 1. The molecule has 0 fully saturated rings. The highest BCUT2D eigenvalue weighted by molar-refractivity contribution is 7.92. The summed E-state index contributed by atoms with van der Waals surface area (Å²) in [5.74, 6) is 0.247. The lowest BCUT2D eigenvalue weighted by atomic mass is 10.6. The van der Waals surface area contributed by atoms with Crippen LogP contribution in [0.25, 0.3) is 0 Å². The maximum absolute atomic E-state index is 11.1. The summed E-state index contributed by atoms with van der Waals surface area (Å²) in [5, 5.41) is 5.90. The van der Waals surface area contributed by atoms with Gasteiger partial charge in [0.25, 0.3) is 0 Å². The molecule has 1 aromatic rings. The second-order valence-corrected chi connectivity index (χ2v) is 4.10. The third-order valence-corrected chi connectivity index (χ3v) is 2.59. The van der Waals surface area contributed by atoms with E-state index in [-0.39, 0.29) is 11.7 Å². The normalized spacial score (nSPS) is 11.4. The van der Waals surface area contributed by atoms with Gasteiger partial charge in [0.1, 0.15) is 6.33 Å². The summed E-state index contributed by atoms with van der Waals surface area (Å²) >= 11 is 0. The molecule has 1 heterocycles. The highest BCUT2D eigenvalue weighted by atomic mass is 32.2. The molecule has 0 spiro atoms. The van der Waals surface area contributed by atoms with Crippen LogP contribution in [0.5, 0.6) is 0 Å². The Kier molecular flexibility index (Phi) is 2.64. The highest BCUT2D eigenvalue weighted by Gasteiger charge is 2.09. The summed E-state index contributed by atoms with van der Waals surface area (Å²) in [6, 6.07) is 0. The molecule has 7 heteroatoms. The number of aromatic nitrogens is 3. The minimum atomic E-state index is -3.24. The highest BCUT2D eigenvalue weighted by Crippen LogP contribution is 1.99. The fraction of sp³-hybridized carbons (Fsp3) is 0.600. The summed E-state index contributed by atoms with van der Waals surface area (Å²) in [4.78, 5) is 3.63. The van der Waals surface area contributed by atoms with Crippen LogP contribution in [0.4, 0.5) is 5.95 Å². The van der Waals surface area contributed by atoms with Crippen LogP contribution < -0.4 is 4.72 Å². The lowest BCUT2D eigenvalue weighted by Gasteiger charge is -2.01. The first-order chi connectivity index (χ1) is 5.64. The molecule has 0 aliphatic rings. The summed E-state index contributed by atoms with van der Waals surface area (Å²) in [5.41, 5.74) is 0. The van der Waals surface area contributed by atoms with E-state index in [0.29, 0.717) is 6.42 Å². The molecule has 0 aliphatic carbocycles. The van der Waals surface area contributed by atoms with Gasteiger partial charge in [-0.05, 0) is 6.42 Å². The summed E-state index contributed by atoms with van der Waals surface area (Å²) < 4.78 is 24.4. The largest absolute Gasteiger partial charge is 0.252 e. The van der Waals surface area contributed by atoms with Gasteiger partial charge in [-0.3, -0.25) is 4.72 Å². The molecule has 1 aromatic heterocycles. The molecule has 0 radical (unpaired) electrons. The molecular formula is C5H10N4O2S. The van der Waals surface area contributed by atoms with Crippen molar-refractivity contribution in [1.82, 2.24) is 15.2 Å². The second-order valence-electron chi connectivity index (χ2n) is 2.26. The number of sulfonamides is 1. The van der Waals surface area contributed by atoms with Crippen LogP contribution in [0, 0.1) is 0 Å². The van der Waals surface area contributed by atoms with E-state index in [9.17, 15) is 8.42 Å². The molecular weight excluding hydrogens is 180 g/mol. The number of hydrogen-bond acceptors (Lipinski definition) is 4. The maximum Gasteiger partial charge on any atom is 0.235 e. The van der Waals surface area contributed by atoms with Crippen molar-refractivity contribution in [2.45, 2.75) is 13.3 Å². The minimum Gasteiger partial charge on any atom is -0.252 e. The fourth-order valence-corrected chi connectivity index (χ4v) is 1.75. The third kappa shape index (κ3) is 2.50. The Morgan fingerprint density at radius 1 is 1.67 bits per heavy atom. The van der Waals surface area contributed by atoms with Gasteiger partial charge >= 0.3 is 0 Å². The monoisotopic (exact) mass is 190 g/mol. The molecule has 0 aromatic carbocycles. The Labute approximate surface area is 70.5 Å². The van der Waals surface area contributed by atoms with Gasteiger partial charge in [-0.1, -0.05) is 6.92 Å². The van der Waals surface area contributed by atoms with Crippen molar-refractivity contribution in [3.05, 3.63) is 6.33 Å². The average Bonchev–Trinajstić information content (AvgIpc) is 2.38. The molecule has 1 rings (SSSR count). The topological polar surface area (TPSA) is 87.7 Å². The van der Waals surface area contributed by atoms with Gasteiger partial charge in [-0.25, -0.2) is 13.5 Å². The van der Waals surface area contributed by atoms with E-state index >= 15 is 0 Å².